The van der Waals surface area contributed by atoms with Gasteiger partial charge in [0.15, 0.2) is 0 Å². The highest BCUT2D eigenvalue weighted by Gasteiger charge is 2.17. The Morgan fingerprint density at radius 1 is 1.00 bits per heavy atom. The first-order valence-corrected chi connectivity index (χ1v) is 8.67. The Labute approximate surface area is 149 Å². The Bertz CT molecular complexity index is 599. The van der Waals surface area contributed by atoms with Crippen LogP contribution in [0.3, 0.4) is 0 Å². The zero-order valence-corrected chi connectivity index (χ0v) is 14.8. The molecule has 0 radical (unpaired) electrons. The number of unbranched alkanes of at least 4 members (excludes halogenated alkanes) is 4. The summed E-state index contributed by atoms with van der Waals surface area (Å²) in [4.78, 5) is 35.9. The van der Waals surface area contributed by atoms with Crippen molar-refractivity contribution in [1.29, 1.82) is 0 Å². The van der Waals surface area contributed by atoms with Crippen molar-refractivity contribution >= 4 is 23.4 Å². The van der Waals surface area contributed by atoms with E-state index in [1.165, 1.54) is 6.42 Å². The predicted molar refractivity (Wildman–Crippen MR) is 99.4 cm³/mol. The molecule has 1 aromatic rings. The third-order valence-electron chi connectivity index (χ3n) is 3.60. The van der Waals surface area contributed by atoms with E-state index < -0.39 is 11.8 Å². The van der Waals surface area contributed by atoms with Crippen LogP contribution < -0.4 is 16.0 Å². The molecule has 0 aliphatic heterocycles. The van der Waals surface area contributed by atoms with Crippen LogP contribution in [0.1, 0.15) is 49.4 Å². The Kier molecular flexibility index (Phi) is 9.67. The lowest BCUT2D eigenvalue weighted by molar-refractivity contribution is -0.136. The maximum Gasteiger partial charge on any atom is 0.313 e. The van der Waals surface area contributed by atoms with E-state index in [1.54, 1.807) is 30.3 Å². The summed E-state index contributed by atoms with van der Waals surface area (Å²) in [6.45, 7) is 6.46. The molecule has 6 nitrogen and oxygen atoms in total. The third kappa shape index (κ3) is 7.65. The second-order valence-corrected chi connectivity index (χ2v) is 5.67. The van der Waals surface area contributed by atoms with Gasteiger partial charge in [0.1, 0.15) is 0 Å². The molecule has 1 rings (SSSR count). The van der Waals surface area contributed by atoms with E-state index in [4.69, 9.17) is 0 Å². The number of rotatable bonds is 10. The number of para-hydroxylation sites is 1. The molecule has 6 heteroatoms. The van der Waals surface area contributed by atoms with Crippen molar-refractivity contribution in [2.75, 3.05) is 18.4 Å². The molecule has 0 aromatic heterocycles. The van der Waals surface area contributed by atoms with Crippen LogP contribution in [0.4, 0.5) is 5.69 Å². The highest BCUT2D eigenvalue weighted by atomic mass is 16.2. The number of nitrogens with one attached hydrogen (secondary N) is 3. The van der Waals surface area contributed by atoms with E-state index >= 15 is 0 Å². The van der Waals surface area contributed by atoms with Crippen molar-refractivity contribution in [3.63, 3.8) is 0 Å². The van der Waals surface area contributed by atoms with E-state index in [-0.39, 0.29) is 5.91 Å². The number of hydrogen-bond acceptors (Lipinski definition) is 3. The zero-order valence-electron chi connectivity index (χ0n) is 14.8. The summed E-state index contributed by atoms with van der Waals surface area (Å²) in [5, 5.41) is 7.73. The maximum absolute atomic E-state index is 12.1. The first kappa shape index (κ1) is 20.4. The van der Waals surface area contributed by atoms with Gasteiger partial charge in [-0.05, 0) is 18.6 Å². The largest absolute Gasteiger partial charge is 0.349 e. The van der Waals surface area contributed by atoms with Gasteiger partial charge in [0, 0.05) is 13.1 Å². The second-order valence-electron chi connectivity index (χ2n) is 5.67. The topological polar surface area (TPSA) is 87.3 Å². The summed E-state index contributed by atoms with van der Waals surface area (Å²) in [5.41, 5.74) is 0.595. The van der Waals surface area contributed by atoms with Crippen LogP contribution in [0.2, 0.25) is 0 Å². The number of anilines is 1. The van der Waals surface area contributed by atoms with Crippen LogP contribution in [0.25, 0.3) is 0 Å². The molecule has 1 aromatic carbocycles. The van der Waals surface area contributed by atoms with Gasteiger partial charge in [0.2, 0.25) is 0 Å². The fourth-order valence-corrected chi connectivity index (χ4v) is 2.24. The Balaban J connectivity index is 2.52. The summed E-state index contributed by atoms with van der Waals surface area (Å²) in [5.74, 6) is -1.82. The van der Waals surface area contributed by atoms with Gasteiger partial charge < -0.3 is 16.0 Å². The van der Waals surface area contributed by atoms with Crippen LogP contribution in [0, 0.1) is 0 Å². The minimum atomic E-state index is -0.780. The normalized spacial score (nSPS) is 9.96. The summed E-state index contributed by atoms with van der Waals surface area (Å²) in [7, 11) is 0. The van der Waals surface area contributed by atoms with E-state index in [0.29, 0.717) is 24.3 Å². The molecule has 25 heavy (non-hydrogen) atoms. The van der Waals surface area contributed by atoms with Crippen molar-refractivity contribution in [1.82, 2.24) is 10.6 Å². The molecule has 0 fully saturated rings. The van der Waals surface area contributed by atoms with Gasteiger partial charge in [-0.1, -0.05) is 50.8 Å². The number of carbonyl (C=O) groups excluding carboxylic acids is 3. The third-order valence-corrected chi connectivity index (χ3v) is 3.60. The van der Waals surface area contributed by atoms with Crippen LogP contribution in [-0.4, -0.2) is 30.8 Å². The molecule has 136 valence electrons. The smallest absolute Gasteiger partial charge is 0.313 e. The van der Waals surface area contributed by atoms with E-state index in [1.807, 2.05) is 0 Å². The fraction of sp³-hybridized carbons (Fsp3) is 0.421. The maximum atomic E-state index is 12.1. The SMILES string of the molecule is C=CCNC(=O)c1ccccc1NC(=O)C(=O)NCCCCCCC. The molecule has 0 unspecified atom stereocenters. The van der Waals surface area contributed by atoms with E-state index in [0.717, 1.165) is 25.7 Å². The minimum Gasteiger partial charge on any atom is -0.349 e. The molecule has 3 N–H and O–H groups in total. The van der Waals surface area contributed by atoms with Crippen molar-refractivity contribution in [2.24, 2.45) is 0 Å². The zero-order chi connectivity index (χ0) is 18.5. The Morgan fingerprint density at radius 2 is 1.72 bits per heavy atom. The molecule has 0 aliphatic carbocycles. The highest BCUT2D eigenvalue weighted by Crippen LogP contribution is 2.14. The van der Waals surface area contributed by atoms with Gasteiger partial charge in [0.25, 0.3) is 5.91 Å². The molecule has 0 heterocycles. The Morgan fingerprint density at radius 3 is 2.44 bits per heavy atom. The van der Waals surface area contributed by atoms with Gasteiger partial charge in [-0.15, -0.1) is 6.58 Å². The molecular formula is C19H27N3O3. The summed E-state index contributed by atoms with van der Waals surface area (Å²) >= 11 is 0. The number of carbonyl (C=O) groups is 3. The lowest BCUT2D eigenvalue weighted by atomic mass is 10.1. The molecule has 3 amide bonds. The van der Waals surface area contributed by atoms with Gasteiger partial charge in [-0.3, -0.25) is 14.4 Å². The van der Waals surface area contributed by atoms with Gasteiger partial charge >= 0.3 is 11.8 Å². The quantitative estimate of drug-likeness (QED) is 0.346. The van der Waals surface area contributed by atoms with Crippen molar-refractivity contribution < 1.29 is 14.4 Å². The number of hydrogen-bond donors (Lipinski definition) is 3. The van der Waals surface area contributed by atoms with Crippen LogP contribution in [-0.2, 0) is 9.59 Å². The number of amides is 3. The van der Waals surface area contributed by atoms with Crippen molar-refractivity contribution in [3.05, 3.63) is 42.5 Å². The summed E-state index contributed by atoms with van der Waals surface area (Å²) < 4.78 is 0. The first-order valence-electron chi connectivity index (χ1n) is 8.67. The van der Waals surface area contributed by atoms with E-state index in [2.05, 4.69) is 29.5 Å². The van der Waals surface area contributed by atoms with Gasteiger partial charge in [-0.2, -0.15) is 0 Å². The number of benzene rings is 1. The molecule has 0 aliphatic rings. The standard InChI is InChI=1S/C19H27N3O3/c1-3-5-6-7-10-14-21-18(24)19(25)22-16-12-9-8-11-15(16)17(23)20-13-4-2/h4,8-9,11-12H,2-3,5-7,10,13-14H2,1H3,(H,20,23)(H,21,24)(H,22,25). The second kappa shape index (κ2) is 11.8. The lowest BCUT2D eigenvalue weighted by Crippen LogP contribution is -2.36. The van der Waals surface area contributed by atoms with Crippen LogP contribution >= 0.6 is 0 Å². The average Bonchev–Trinajstić information content (AvgIpc) is 2.62. The molecular weight excluding hydrogens is 318 g/mol. The lowest BCUT2D eigenvalue weighted by Gasteiger charge is -2.11. The van der Waals surface area contributed by atoms with Gasteiger partial charge in [-0.25, -0.2) is 0 Å². The average molecular weight is 345 g/mol. The molecule has 0 bridgehead atoms. The summed E-state index contributed by atoms with van der Waals surface area (Å²) in [6, 6.07) is 6.54. The minimum absolute atomic E-state index is 0.296. The summed E-state index contributed by atoms with van der Waals surface area (Å²) in [6.07, 6.45) is 6.91. The molecule has 0 atom stereocenters. The monoisotopic (exact) mass is 345 g/mol. The predicted octanol–water partition coefficient (Wildman–Crippen LogP) is 2.63. The van der Waals surface area contributed by atoms with Crippen LogP contribution in [0.5, 0.6) is 0 Å². The molecule has 0 saturated carbocycles. The van der Waals surface area contributed by atoms with Crippen molar-refractivity contribution in [2.45, 2.75) is 39.0 Å². The van der Waals surface area contributed by atoms with Crippen molar-refractivity contribution in [3.8, 4) is 0 Å². The highest BCUT2D eigenvalue weighted by molar-refractivity contribution is 6.40. The first-order chi connectivity index (χ1) is 12.1. The molecule has 0 spiro atoms. The fourth-order valence-electron chi connectivity index (χ4n) is 2.24. The van der Waals surface area contributed by atoms with Crippen LogP contribution in [0.15, 0.2) is 36.9 Å². The molecule has 0 saturated heterocycles. The van der Waals surface area contributed by atoms with Gasteiger partial charge in [0.05, 0.1) is 11.3 Å². The Hall–Kier alpha value is -2.63. The van der Waals surface area contributed by atoms with E-state index in [9.17, 15) is 14.4 Å².